The van der Waals surface area contributed by atoms with E-state index in [4.69, 9.17) is 11.1 Å². The summed E-state index contributed by atoms with van der Waals surface area (Å²) in [6.07, 6.45) is 1.13. The smallest absolute Gasteiger partial charge is 0.163 e. The number of hydrogen-bond donors (Lipinski definition) is 2. The summed E-state index contributed by atoms with van der Waals surface area (Å²) < 4.78 is 0. The van der Waals surface area contributed by atoms with Gasteiger partial charge in [-0.2, -0.15) is 0 Å². The van der Waals surface area contributed by atoms with Crippen LogP contribution in [0.4, 0.5) is 0 Å². The first-order chi connectivity index (χ1) is 9.16. The fourth-order valence-corrected chi connectivity index (χ4v) is 1.92. The van der Waals surface area contributed by atoms with E-state index in [2.05, 4.69) is 0 Å². The molecular weight excluding hydrogens is 236 g/mol. The predicted molar refractivity (Wildman–Crippen MR) is 76.6 cm³/mol. The van der Waals surface area contributed by atoms with Crippen LogP contribution in [0.25, 0.3) is 0 Å². The van der Waals surface area contributed by atoms with Gasteiger partial charge >= 0.3 is 0 Å². The van der Waals surface area contributed by atoms with Crippen molar-refractivity contribution >= 4 is 11.6 Å². The zero-order valence-corrected chi connectivity index (χ0v) is 10.6. The van der Waals surface area contributed by atoms with Crippen molar-refractivity contribution in [3.63, 3.8) is 0 Å². The van der Waals surface area contributed by atoms with Gasteiger partial charge in [0.1, 0.15) is 5.84 Å². The van der Waals surface area contributed by atoms with Crippen molar-refractivity contribution in [2.75, 3.05) is 0 Å². The molecule has 0 saturated heterocycles. The van der Waals surface area contributed by atoms with Crippen molar-refractivity contribution in [2.45, 2.75) is 12.8 Å². The molecule has 0 radical (unpaired) electrons. The van der Waals surface area contributed by atoms with E-state index in [0.717, 1.165) is 11.1 Å². The Hall–Kier alpha value is -2.42. The largest absolute Gasteiger partial charge is 0.384 e. The Kier molecular flexibility index (Phi) is 4.08. The van der Waals surface area contributed by atoms with E-state index >= 15 is 0 Å². The topological polar surface area (TPSA) is 66.9 Å². The predicted octanol–water partition coefficient (Wildman–Crippen LogP) is 2.79. The first-order valence-electron chi connectivity index (χ1n) is 6.18. The van der Waals surface area contributed by atoms with Gasteiger partial charge in [-0.25, -0.2) is 0 Å². The van der Waals surface area contributed by atoms with Gasteiger partial charge in [0.2, 0.25) is 0 Å². The summed E-state index contributed by atoms with van der Waals surface area (Å²) in [6, 6.07) is 16.7. The van der Waals surface area contributed by atoms with Crippen molar-refractivity contribution in [2.24, 2.45) is 5.73 Å². The van der Waals surface area contributed by atoms with Crippen LogP contribution in [-0.4, -0.2) is 11.6 Å². The molecule has 19 heavy (non-hydrogen) atoms. The molecule has 0 aliphatic carbocycles. The lowest BCUT2D eigenvalue weighted by atomic mass is 10.0. The lowest BCUT2D eigenvalue weighted by Crippen LogP contribution is -2.11. The van der Waals surface area contributed by atoms with Crippen LogP contribution in [-0.2, 0) is 6.42 Å². The van der Waals surface area contributed by atoms with Crippen molar-refractivity contribution in [3.05, 3.63) is 71.3 Å². The zero-order valence-electron chi connectivity index (χ0n) is 10.6. The van der Waals surface area contributed by atoms with E-state index in [0.29, 0.717) is 18.4 Å². The second kappa shape index (κ2) is 5.96. The number of amidine groups is 1. The fraction of sp³-hybridized carbons (Fsp3) is 0.125. The normalized spacial score (nSPS) is 10.1. The minimum absolute atomic E-state index is 0.0521. The average Bonchev–Trinajstić information content (AvgIpc) is 2.46. The molecule has 0 unspecified atom stereocenters. The number of benzene rings is 2. The van der Waals surface area contributed by atoms with E-state index in [-0.39, 0.29) is 11.6 Å². The molecule has 2 aromatic rings. The summed E-state index contributed by atoms with van der Waals surface area (Å²) in [5, 5.41) is 7.39. The number of carbonyl (C=O) groups is 1. The minimum Gasteiger partial charge on any atom is -0.384 e. The van der Waals surface area contributed by atoms with E-state index in [1.165, 1.54) is 0 Å². The minimum atomic E-state index is 0.0521. The maximum atomic E-state index is 12.0. The molecule has 0 saturated carbocycles. The van der Waals surface area contributed by atoms with Crippen LogP contribution < -0.4 is 5.73 Å². The molecule has 0 heterocycles. The molecule has 2 rings (SSSR count). The van der Waals surface area contributed by atoms with Gasteiger partial charge in [0.05, 0.1) is 0 Å². The molecule has 0 spiro atoms. The van der Waals surface area contributed by atoms with Gasteiger partial charge in [0.25, 0.3) is 0 Å². The van der Waals surface area contributed by atoms with Crippen LogP contribution in [0.1, 0.15) is 27.9 Å². The van der Waals surface area contributed by atoms with E-state index in [1.54, 1.807) is 6.07 Å². The molecule has 0 aliphatic rings. The second-order valence-electron chi connectivity index (χ2n) is 4.40. The summed E-state index contributed by atoms with van der Waals surface area (Å²) in [5.41, 5.74) is 7.91. The molecule has 0 amide bonds. The van der Waals surface area contributed by atoms with Crippen LogP contribution in [0.3, 0.4) is 0 Å². The van der Waals surface area contributed by atoms with Gasteiger partial charge in [-0.05, 0) is 18.1 Å². The Balaban J connectivity index is 2.01. The fourth-order valence-electron chi connectivity index (χ4n) is 1.92. The van der Waals surface area contributed by atoms with Gasteiger partial charge in [-0.3, -0.25) is 10.2 Å². The van der Waals surface area contributed by atoms with Gasteiger partial charge in [-0.1, -0.05) is 48.5 Å². The van der Waals surface area contributed by atoms with E-state index in [1.807, 2.05) is 48.5 Å². The average molecular weight is 252 g/mol. The van der Waals surface area contributed by atoms with Crippen molar-refractivity contribution < 1.29 is 4.79 Å². The van der Waals surface area contributed by atoms with E-state index in [9.17, 15) is 4.79 Å². The molecule has 0 aliphatic heterocycles. The number of nitrogen functional groups attached to an aromatic ring is 1. The van der Waals surface area contributed by atoms with Crippen molar-refractivity contribution in [1.82, 2.24) is 0 Å². The Labute approximate surface area is 112 Å². The zero-order chi connectivity index (χ0) is 13.7. The first kappa shape index (κ1) is 13.0. The molecule has 0 aromatic heterocycles. The number of ketones is 1. The number of aryl methyl sites for hydroxylation is 1. The highest BCUT2D eigenvalue weighted by Gasteiger charge is 2.06. The van der Waals surface area contributed by atoms with Gasteiger partial charge in [0, 0.05) is 17.5 Å². The Morgan fingerprint density at radius 1 is 1.00 bits per heavy atom. The summed E-state index contributed by atoms with van der Waals surface area (Å²) in [7, 11) is 0. The number of hydrogen-bond acceptors (Lipinski definition) is 2. The Bertz CT molecular complexity index is 591. The van der Waals surface area contributed by atoms with Crippen LogP contribution in [0, 0.1) is 5.41 Å². The number of nitrogens with two attached hydrogens (primary N) is 1. The molecule has 2 aromatic carbocycles. The summed E-state index contributed by atoms with van der Waals surface area (Å²) in [4.78, 5) is 12.0. The van der Waals surface area contributed by atoms with Crippen LogP contribution >= 0.6 is 0 Å². The highest BCUT2D eigenvalue weighted by Crippen LogP contribution is 2.10. The maximum Gasteiger partial charge on any atom is 0.163 e. The third-order valence-corrected chi connectivity index (χ3v) is 2.97. The van der Waals surface area contributed by atoms with Crippen molar-refractivity contribution in [1.29, 1.82) is 5.41 Å². The number of carbonyl (C=O) groups excluding carboxylic acids is 1. The van der Waals surface area contributed by atoms with Crippen LogP contribution in [0.15, 0.2) is 54.6 Å². The Morgan fingerprint density at radius 2 is 1.68 bits per heavy atom. The molecule has 3 nitrogen and oxygen atoms in total. The van der Waals surface area contributed by atoms with Gasteiger partial charge in [0.15, 0.2) is 5.78 Å². The summed E-state index contributed by atoms with van der Waals surface area (Å²) >= 11 is 0. The van der Waals surface area contributed by atoms with Gasteiger partial charge in [-0.15, -0.1) is 0 Å². The highest BCUT2D eigenvalue weighted by atomic mass is 16.1. The third kappa shape index (κ3) is 3.52. The SMILES string of the molecule is N=C(N)c1cccc(CCC(=O)c2ccccc2)c1. The third-order valence-electron chi connectivity index (χ3n) is 2.97. The lowest BCUT2D eigenvalue weighted by Gasteiger charge is -2.04. The van der Waals surface area contributed by atoms with Crippen LogP contribution in [0.2, 0.25) is 0 Å². The number of rotatable bonds is 5. The quantitative estimate of drug-likeness (QED) is 0.488. The van der Waals surface area contributed by atoms with Gasteiger partial charge < -0.3 is 5.73 Å². The molecule has 3 heteroatoms. The lowest BCUT2D eigenvalue weighted by molar-refractivity contribution is 0.0983. The number of Topliss-reactive ketones (excluding diaryl/α,β-unsaturated/α-hetero) is 1. The van der Waals surface area contributed by atoms with Crippen molar-refractivity contribution in [3.8, 4) is 0 Å². The molecule has 0 bridgehead atoms. The standard InChI is InChI=1S/C16H16N2O/c17-16(18)14-8-4-5-12(11-14)9-10-15(19)13-6-2-1-3-7-13/h1-8,11H,9-10H2,(H3,17,18). The summed E-state index contributed by atoms with van der Waals surface area (Å²) in [6.45, 7) is 0. The molecule has 96 valence electrons. The Morgan fingerprint density at radius 3 is 2.37 bits per heavy atom. The molecule has 0 atom stereocenters. The summed E-state index contributed by atoms with van der Waals surface area (Å²) in [5.74, 6) is 0.185. The molecular formula is C16H16N2O. The molecule has 3 N–H and O–H groups in total. The van der Waals surface area contributed by atoms with E-state index < -0.39 is 0 Å². The monoisotopic (exact) mass is 252 g/mol. The first-order valence-corrected chi connectivity index (χ1v) is 6.18. The maximum absolute atomic E-state index is 12.0. The number of nitrogens with one attached hydrogen (secondary N) is 1. The highest BCUT2D eigenvalue weighted by molar-refractivity contribution is 5.96. The molecule has 0 fully saturated rings. The second-order valence-corrected chi connectivity index (χ2v) is 4.40. The van der Waals surface area contributed by atoms with Crippen LogP contribution in [0.5, 0.6) is 0 Å².